The van der Waals surface area contributed by atoms with E-state index in [1.807, 2.05) is 6.92 Å². The van der Waals surface area contributed by atoms with Gasteiger partial charge in [0.05, 0.1) is 0 Å². The Bertz CT molecular complexity index is 318. The molecule has 1 aliphatic heterocycles. The molecular formula is C9H13Cl2N3. The van der Waals surface area contributed by atoms with Gasteiger partial charge in [0, 0.05) is 13.1 Å². The van der Waals surface area contributed by atoms with Gasteiger partial charge in [-0.3, -0.25) is 0 Å². The van der Waals surface area contributed by atoms with E-state index in [1.54, 1.807) is 18.1 Å². The van der Waals surface area contributed by atoms with Crippen LogP contribution in [0.3, 0.4) is 0 Å². The van der Waals surface area contributed by atoms with Gasteiger partial charge in [-0.15, -0.1) is 0 Å². The van der Waals surface area contributed by atoms with E-state index in [9.17, 15) is 0 Å². The van der Waals surface area contributed by atoms with Gasteiger partial charge >= 0.3 is 0 Å². The molecule has 0 bridgehead atoms. The molecule has 5 heteroatoms. The average molecular weight is 234 g/mol. The van der Waals surface area contributed by atoms with E-state index in [1.165, 1.54) is 0 Å². The molecule has 14 heavy (non-hydrogen) atoms. The molecule has 0 aromatic carbocycles. The van der Waals surface area contributed by atoms with Crippen molar-refractivity contribution in [3.05, 3.63) is 22.6 Å². The molecule has 78 valence electrons. The highest BCUT2D eigenvalue weighted by molar-refractivity contribution is 6.69. The molecule has 0 aromatic heterocycles. The number of nitrogens with one attached hydrogen (secondary N) is 1. The molecule has 0 saturated heterocycles. The van der Waals surface area contributed by atoms with Gasteiger partial charge in [0.1, 0.15) is 16.1 Å². The fourth-order valence-corrected chi connectivity index (χ4v) is 1.61. The third-order valence-electron chi connectivity index (χ3n) is 2.01. The van der Waals surface area contributed by atoms with Crippen molar-refractivity contribution in [2.24, 2.45) is 4.99 Å². The number of hydrazine groups is 1. The van der Waals surface area contributed by atoms with Gasteiger partial charge < -0.3 is 0 Å². The predicted molar refractivity (Wildman–Crippen MR) is 61.1 cm³/mol. The Morgan fingerprint density at radius 3 is 2.71 bits per heavy atom. The molecule has 0 amide bonds. The third-order valence-corrected chi connectivity index (χ3v) is 2.48. The predicted octanol–water partition coefficient (Wildman–Crippen LogP) is 2.80. The highest BCUT2D eigenvalue weighted by Crippen LogP contribution is 2.24. The number of halogens is 2. The lowest BCUT2D eigenvalue weighted by atomic mass is 10.2. The van der Waals surface area contributed by atoms with E-state index in [2.05, 4.69) is 17.3 Å². The molecule has 0 aliphatic carbocycles. The van der Waals surface area contributed by atoms with E-state index < -0.39 is 0 Å². The molecule has 0 aromatic rings. The summed E-state index contributed by atoms with van der Waals surface area (Å²) in [4.78, 5) is 4.22. The van der Waals surface area contributed by atoms with Crippen molar-refractivity contribution in [2.45, 2.75) is 20.3 Å². The van der Waals surface area contributed by atoms with E-state index in [0.717, 1.165) is 17.8 Å². The largest absolute Gasteiger partial charge is 0.248 e. The van der Waals surface area contributed by atoms with Crippen molar-refractivity contribution in [3.8, 4) is 0 Å². The minimum atomic E-state index is 0.407. The number of hydrogen-bond acceptors (Lipinski definition) is 3. The second-order valence-electron chi connectivity index (χ2n) is 2.92. The van der Waals surface area contributed by atoms with Crippen LogP contribution in [0, 0.1) is 0 Å². The number of aliphatic imine (C=N–C) groups is 1. The zero-order chi connectivity index (χ0) is 10.7. The van der Waals surface area contributed by atoms with Gasteiger partial charge in [0.15, 0.2) is 0 Å². The maximum Gasteiger partial charge on any atom is 0.148 e. The maximum absolute atomic E-state index is 6.00. The van der Waals surface area contributed by atoms with E-state index >= 15 is 0 Å². The molecule has 1 aliphatic rings. The normalized spacial score (nSPS) is 20.5. The van der Waals surface area contributed by atoms with Gasteiger partial charge in [-0.1, -0.05) is 30.1 Å². The van der Waals surface area contributed by atoms with Crippen molar-refractivity contribution >= 4 is 28.4 Å². The molecule has 1 rings (SSSR count). The summed E-state index contributed by atoms with van der Waals surface area (Å²) in [6, 6.07) is 0. The van der Waals surface area contributed by atoms with Crippen LogP contribution in [0.2, 0.25) is 0 Å². The molecule has 0 atom stereocenters. The standard InChI is InChI=1S/C9H13Cl2N3/c1-4-6(2)9-13-7(10)5-8(11)14(9)12-3/h5,12H,4H2,1-3H3/b9-6+. The van der Waals surface area contributed by atoms with E-state index in [0.29, 0.717) is 10.3 Å². The molecule has 0 fully saturated rings. The summed E-state index contributed by atoms with van der Waals surface area (Å²) < 4.78 is 0. The Kier molecular flexibility index (Phi) is 3.98. The van der Waals surface area contributed by atoms with Gasteiger partial charge in [0.2, 0.25) is 0 Å². The summed E-state index contributed by atoms with van der Waals surface area (Å²) in [7, 11) is 1.79. The zero-order valence-electron chi connectivity index (χ0n) is 8.43. The first-order valence-electron chi connectivity index (χ1n) is 4.38. The van der Waals surface area contributed by atoms with Crippen molar-refractivity contribution in [2.75, 3.05) is 7.05 Å². The van der Waals surface area contributed by atoms with Crippen LogP contribution < -0.4 is 5.43 Å². The molecular weight excluding hydrogens is 221 g/mol. The summed E-state index contributed by atoms with van der Waals surface area (Å²) >= 11 is 11.8. The first-order valence-corrected chi connectivity index (χ1v) is 5.14. The fraction of sp³-hybridized carbons (Fsp3) is 0.444. The molecule has 0 unspecified atom stereocenters. The van der Waals surface area contributed by atoms with Crippen molar-refractivity contribution in [3.63, 3.8) is 0 Å². The molecule has 0 spiro atoms. The van der Waals surface area contributed by atoms with Crippen LogP contribution in [-0.2, 0) is 0 Å². The van der Waals surface area contributed by atoms with Crippen LogP contribution in [0.5, 0.6) is 0 Å². The lowest BCUT2D eigenvalue weighted by Crippen LogP contribution is -2.34. The Morgan fingerprint density at radius 1 is 1.57 bits per heavy atom. The summed E-state index contributed by atoms with van der Waals surface area (Å²) in [5.74, 6) is 0.771. The molecule has 3 nitrogen and oxygen atoms in total. The van der Waals surface area contributed by atoms with Gasteiger partial charge in [-0.2, -0.15) is 0 Å². The zero-order valence-corrected chi connectivity index (χ0v) is 9.95. The van der Waals surface area contributed by atoms with Crippen molar-refractivity contribution in [1.29, 1.82) is 0 Å². The summed E-state index contributed by atoms with van der Waals surface area (Å²) in [6.07, 6.45) is 2.51. The maximum atomic E-state index is 6.00. The number of rotatable bonds is 2. The number of hydrogen-bond donors (Lipinski definition) is 1. The van der Waals surface area contributed by atoms with Crippen molar-refractivity contribution in [1.82, 2.24) is 10.4 Å². The van der Waals surface area contributed by atoms with Gasteiger partial charge in [-0.25, -0.2) is 15.4 Å². The minimum Gasteiger partial charge on any atom is -0.248 e. The third kappa shape index (κ3) is 2.29. The smallest absolute Gasteiger partial charge is 0.148 e. The van der Waals surface area contributed by atoms with Crippen LogP contribution in [0.4, 0.5) is 0 Å². The highest BCUT2D eigenvalue weighted by Gasteiger charge is 2.18. The van der Waals surface area contributed by atoms with Gasteiger partial charge in [-0.05, 0) is 18.9 Å². The Labute approximate surface area is 94.1 Å². The van der Waals surface area contributed by atoms with E-state index in [-0.39, 0.29) is 0 Å². The first kappa shape index (κ1) is 11.6. The lowest BCUT2D eigenvalue weighted by Gasteiger charge is -2.26. The summed E-state index contributed by atoms with van der Waals surface area (Å²) in [6.45, 7) is 4.06. The van der Waals surface area contributed by atoms with Crippen LogP contribution >= 0.6 is 23.2 Å². The summed E-state index contributed by atoms with van der Waals surface area (Å²) in [5.41, 5.74) is 4.08. The molecule has 1 heterocycles. The second-order valence-corrected chi connectivity index (χ2v) is 3.69. The highest BCUT2D eigenvalue weighted by atomic mass is 35.5. The number of nitrogens with zero attached hydrogens (tertiary/aromatic N) is 2. The fourth-order valence-electron chi connectivity index (χ4n) is 1.10. The van der Waals surface area contributed by atoms with Crippen molar-refractivity contribution < 1.29 is 0 Å². The van der Waals surface area contributed by atoms with Crippen LogP contribution in [0.1, 0.15) is 20.3 Å². The Balaban J connectivity index is 3.12. The monoisotopic (exact) mass is 233 g/mol. The Hall–Kier alpha value is -0.510. The number of allylic oxidation sites excluding steroid dienone is 2. The van der Waals surface area contributed by atoms with E-state index in [4.69, 9.17) is 23.2 Å². The second kappa shape index (κ2) is 4.82. The summed E-state index contributed by atoms with van der Waals surface area (Å²) in [5, 5.41) is 2.63. The van der Waals surface area contributed by atoms with Gasteiger partial charge in [0.25, 0.3) is 0 Å². The SMILES string of the molecule is CC/C(C)=C1\N=C(Cl)C=C(Cl)N1NC. The lowest BCUT2D eigenvalue weighted by molar-refractivity contribution is 0.352. The van der Waals surface area contributed by atoms with Crippen LogP contribution in [-0.4, -0.2) is 17.2 Å². The molecule has 1 N–H and O–H groups in total. The van der Waals surface area contributed by atoms with Crippen LogP contribution in [0.15, 0.2) is 27.6 Å². The minimum absolute atomic E-state index is 0.407. The molecule has 0 saturated carbocycles. The average Bonchev–Trinajstić information content (AvgIpc) is 2.15. The Morgan fingerprint density at radius 2 is 2.21 bits per heavy atom. The topological polar surface area (TPSA) is 27.6 Å². The molecule has 0 radical (unpaired) electrons. The quantitative estimate of drug-likeness (QED) is 0.744. The van der Waals surface area contributed by atoms with Crippen LogP contribution in [0.25, 0.3) is 0 Å². The first-order chi connectivity index (χ1) is 6.60.